The normalized spacial score (nSPS) is 20.9. The molecule has 0 aliphatic heterocycles. The predicted molar refractivity (Wildman–Crippen MR) is 114 cm³/mol. The summed E-state index contributed by atoms with van der Waals surface area (Å²) in [6.07, 6.45) is 15.7. The first kappa shape index (κ1) is 19.0. The van der Waals surface area contributed by atoms with Crippen LogP contribution in [0.4, 0.5) is 0 Å². The number of hydrogen-bond donors (Lipinski definition) is 0. The molecule has 1 aliphatic rings. The maximum Gasteiger partial charge on any atom is 0.0181 e. The second-order valence-corrected chi connectivity index (χ2v) is 8.94. The minimum absolute atomic E-state index is 0.786. The van der Waals surface area contributed by atoms with Crippen LogP contribution in [0, 0.1) is 5.92 Å². The molecule has 0 saturated heterocycles. The average Bonchev–Trinajstić information content (AvgIpc) is 2.64. The van der Waals surface area contributed by atoms with Crippen LogP contribution in [0.15, 0.2) is 40.9 Å². The summed E-state index contributed by atoms with van der Waals surface area (Å²) in [7, 11) is 0. The molecule has 1 aliphatic carbocycles. The lowest BCUT2D eigenvalue weighted by molar-refractivity contribution is 0.302. The zero-order chi connectivity index (χ0) is 17.5. The molecule has 1 fully saturated rings. The molecule has 136 valence electrons. The summed E-state index contributed by atoms with van der Waals surface area (Å²) in [5, 5.41) is 2.73. The standard InChI is InChI=1S/C24H33Br/c1-2-3-4-5-6-7-8-19-9-11-20(12-10-19)21-13-14-23-18-24(25)16-15-22(23)17-21/h13-20H,2-12H2,1H3. The maximum absolute atomic E-state index is 3.57. The van der Waals surface area contributed by atoms with E-state index in [1.54, 1.807) is 5.56 Å². The van der Waals surface area contributed by atoms with Gasteiger partial charge in [-0.2, -0.15) is 0 Å². The van der Waals surface area contributed by atoms with Crippen LogP contribution in [0.1, 0.15) is 89.0 Å². The maximum atomic E-state index is 3.57. The second kappa shape index (κ2) is 9.76. The lowest BCUT2D eigenvalue weighted by atomic mass is 9.77. The first-order chi connectivity index (χ1) is 12.3. The van der Waals surface area contributed by atoms with Gasteiger partial charge < -0.3 is 0 Å². The summed E-state index contributed by atoms with van der Waals surface area (Å²) in [6, 6.07) is 13.7. The van der Waals surface area contributed by atoms with Crippen molar-refractivity contribution in [2.45, 2.75) is 83.5 Å². The third kappa shape index (κ3) is 5.58. The van der Waals surface area contributed by atoms with Gasteiger partial charge in [0.15, 0.2) is 0 Å². The molecule has 0 bridgehead atoms. The highest BCUT2D eigenvalue weighted by atomic mass is 79.9. The van der Waals surface area contributed by atoms with Crippen LogP contribution >= 0.6 is 15.9 Å². The second-order valence-electron chi connectivity index (χ2n) is 8.03. The van der Waals surface area contributed by atoms with Gasteiger partial charge in [-0.3, -0.25) is 0 Å². The molecule has 0 spiro atoms. The van der Waals surface area contributed by atoms with Gasteiger partial charge in [0.2, 0.25) is 0 Å². The van der Waals surface area contributed by atoms with Crippen LogP contribution in [0.2, 0.25) is 0 Å². The van der Waals surface area contributed by atoms with Crippen LogP contribution in [-0.2, 0) is 0 Å². The van der Waals surface area contributed by atoms with E-state index < -0.39 is 0 Å². The average molecular weight is 401 g/mol. The summed E-state index contributed by atoms with van der Waals surface area (Å²) in [6.45, 7) is 2.30. The highest BCUT2D eigenvalue weighted by Crippen LogP contribution is 2.38. The van der Waals surface area contributed by atoms with Crippen molar-refractivity contribution < 1.29 is 0 Å². The Labute approximate surface area is 162 Å². The zero-order valence-corrected chi connectivity index (χ0v) is 17.4. The molecule has 1 saturated carbocycles. The molecule has 0 aromatic heterocycles. The molecule has 0 amide bonds. The number of rotatable bonds is 8. The Morgan fingerprint density at radius 2 is 1.48 bits per heavy atom. The molecule has 0 radical (unpaired) electrons. The van der Waals surface area contributed by atoms with Gasteiger partial charge in [0.05, 0.1) is 0 Å². The van der Waals surface area contributed by atoms with Crippen LogP contribution in [0.5, 0.6) is 0 Å². The first-order valence-corrected chi connectivity index (χ1v) is 11.2. The van der Waals surface area contributed by atoms with Gasteiger partial charge in [0, 0.05) is 4.47 Å². The summed E-state index contributed by atoms with van der Waals surface area (Å²) >= 11 is 3.57. The summed E-state index contributed by atoms with van der Waals surface area (Å²) in [4.78, 5) is 0. The van der Waals surface area contributed by atoms with Crippen molar-refractivity contribution in [2.75, 3.05) is 0 Å². The van der Waals surface area contributed by atoms with Gasteiger partial charge >= 0.3 is 0 Å². The van der Waals surface area contributed by atoms with E-state index in [0.717, 1.165) is 11.8 Å². The van der Waals surface area contributed by atoms with Crippen molar-refractivity contribution in [3.05, 3.63) is 46.4 Å². The SMILES string of the molecule is CCCCCCCCC1CCC(c2ccc3cc(Br)ccc3c2)CC1. The van der Waals surface area contributed by atoms with Gasteiger partial charge in [-0.25, -0.2) is 0 Å². The number of halogens is 1. The smallest absolute Gasteiger partial charge is 0.0181 e. The van der Waals surface area contributed by atoms with E-state index in [4.69, 9.17) is 0 Å². The lowest BCUT2D eigenvalue weighted by Crippen LogP contribution is -2.13. The summed E-state index contributed by atoms with van der Waals surface area (Å²) < 4.78 is 1.17. The summed E-state index contributed by atoms with van der Waals surface area (Å²) in [5.74, 6) is 1.78. The molecular weight excluding hydrogens is 368 g/mol. The quantitative estimate of drug-likeness (QED) is 0.388. The van der Waals surface area contributed by atoms with Gasteiger partial charge in [-0.05, 0) is 66.0 Å². The van der Waals surface area contributed by atoms with Crippen molar-refractivity contribution in [3.8, 4) is 0 Å². The first-order valence-electron chi connectivity index (χ1n) is 10.5. The Balaban J connectivity index is 1.45. The van der Waals surface area contributed by atoms with E-state index in [-0.39, 0.29) is 0 Å². The van der Waals surface area contributed by atoms with E-state index in [0.29, 0.717) is 0 Å². The van der Waals surface area contributed by atoms with Crippen LogP contribution in [0.3, 0.4) is 0 Å². The molecule has 25 heavy (non-hydrogen) atoms. The van der Waals surface area contributed by atoms with Crippen molar-refractivity contribution in [1.82, 2.24) is 0 Å². The highest BCUT2D eigenvalue weighted by molar-refractivity contribution is 9.10. The van der Waals surface area contributed by atoms with Gasteiger partial charge in [0.25, 0.3) is 0 Å². The van der Waals surface area contributed by atoms with Gasteiger partial charge in [-0.15, -0.1) is 0 Å². The van der Waals surface area contributed by atoms with Crippen LogP contribution in [0.25, 0.3) is 10.8 Å². The Kier molecular flexibility index (Phi) is 7.40. The van der Waals surface area contributed by atoms with Crippen molar-refractivity contribution in [1.29, 1.82) is 0 Å². The Morgan fingerprint density at radius 1 is 0.800 bits per heavy atom. The monoisotopic (exact) mass is 400 g/mol. The van der Waals surface area contributed by atoms with Gasteiger partial charge in [-0.1, -0.05) is 92.1 Å². The molecule has 1 heteroatoms. The molecule has 3 rings (SSSR count). The highest BCUT2D eigenvalue weighted by Gasteiger charge is 2.22. The minimum Gasteiger partial charge on any atom is -0.0654 e. The number of benzene rings is 2. The molecule has 2 aromatic carbocycles. The van der Waals surface area contributed by atoms with Gasteiger partial charge in [0.1, 0.15) is 0 Å². The Hall–Kier alpha value is -0.820. The number of unbranched alkanes of at least 4 members (excludes halogenated alkanes) is 5. The zero-order valence-electron chi connectivity index (χ0n) is 15.8. The molecule has 0 nitrogen and oxygen atoms in total. The number of hydrogen-bond acceptors (Lipinski definition) is 0. The number of fused-ring (bicyclic) bond motifs is 1. The largest absolute Gasteiger partial charge is 0.0654 e. The molecule has 0 unspecified atom stereocenters. The van der Waals surface area contributed by atoms with E-state index in [1.165, 1.54) is 85.9 Å². The van der Waals surface area contributed by atoms with Crippen LogP contribution < -0.4 is 0 Å². The topological polar surface area (TPSA) is 0 Å². The van der Waals surface area contributed by atoms with E-state index >= 15 is 0 Å². The third-order valence-electron chi connectivity index (χ3n) is 6.11. The van der Waals surface area contributed by atoms with E-state index in [1.807, 2.05) is 0 Å². The lowest BCUT2D eigenvalue weighted by Gasteiger charge is -2.29. The van der Waals surface area contributed by atoms with Crippen LogP contribution in [-0.4, -0.2) is 0 Å². The summed E-state index contributed by atoms with van der Waals surface area (Å²) in [5.41, 5.74) is 1.56. The van der Waals surface area contributed by atoms with Crippen molar-refractivity contribution in [3.63, 3.8) is 0 Å². The molecule has 2 aromatic rings. The van der Waals surface area contributed by atoms with Crippen molar-refractivity contribution in [2.24, 2.45) is 5.92 Å². The fourth-order valence-electron chi connectivity index (χ4n) is 4.49. The molecular formula is C24H33Br. The van der Waals surface area contributed by atoms with Crippen molar-refractivity contribution >= 4 is 26.7 Å². The third-order valence-corrected chi connectivity index (χ3v) is 6.60. The predicted octanol–water partition coefficient (Wildman–Crippen LogP) is 8.63. The van der Waals surface area contributed by atoms with E-state index in [2.05, 4.69) is 59.3 Å². The fourth-order valence-corrected chi connectivity index (χ4v) is 4.87. The van der Waals surface area contributed by atoms with E-state index in [9.17, 15) is 0 Å². The molecule has 0 heterocycles. The fraction of sp³-hybridized carbons (Fsp3) is 0.583. The Bertz CT molecular complexity index is 652. The molecule has 0 N–H and O–H groups in total. The minimum atomic E-state index is 0.786. The molecule has 0 atom stereocenters. The Morgan fingerprint density at radius 3 is 2.28 bits per heavy atom.